The second-order valence-electron chi connectivity index (χ2n) is 8.66. The minimum Gasteiger partial charge on any atom is -0.503 e. The van der Waals surface area contributed by atoms with E-state index in [4.69, 9.17) is 0 Å². The molecule has 0 saturated carbocycles. The van der Waals surface area contributed by atoms with Gasteiger partial charge in [-0.2, -0.15) is 0 Å². The molecule has 1 atom stereocenters. The third kappa shape index (κ3) is 5.02. The van der Waals surface area contributed by atoms with E-state index >= 15 is 0 Å². The van der Waals surface area contributed by atoms with Gasteiger partial charge in [0.05, 0.1) is 11.6 Å². The van der Waals surface area contributed by atoms with Crippen molar-refractivity contribution in [1.82, 2.24) is 9.80 Å². The number of hydrogen-bond donors (Lipinski definition) is 1. The third-order valence-electron chi connectivity index (χ3n) is 5.12. The Labute approximate surface area is 169 Å². The average molecular weight is 387 g/mol. The third-order valence-corrected chi connectivity index (χ3v) is 5.12. The van der Waals surface area contributed by atoms with Crippen molar-refractivity contribution < 1.29 is 14.7 Å². The number of ketones is 1. The number of Topliss-reactive ketones (excluding diaryl/α,β-unsaturated/α-hetero) is 1. The average Bonchev–Trinajstić information content (AvgIpc) is 2.86. The second-order valence-corrected chi connectivity index (χ2v) is 8.66. The van der Waals surface area contributed by atoms with Crippen molar-refractivity contribution in [3.63, 3.8) is 0 Å². The number of carbonyl (C=O) groups excluding carboxylic acids is 2. The summed E-state index contributed by atoms with van der Waals surface area (Å²) in [4.78, 5) is 29.4. The quantitative estimate of drug-likeness (QED) is 0.695. The van der Waals surface area contributed by atoms with E-state index in [0.29, 0.717) is 18.9 Å². The zero-order valence-corrected chi connectivity index (χ0v) is 18.0. The van der Waals surface area contributed by atoms with Crippen molar-refractivity contribution in [3.05, 3.63) is 46.7 Å². The van der Waals surface area contributed by atoms with E-state index in [1.165, 1.54) is 5.56 Å². The lowest BCUT2D eigenvalue weighted by atomic mass is 9.91. The maximum atomic E-state index is 12.9. The predicted octanol–water partition coefficient (Wildman–Crippen LogP) is 4.07. The lowest BCUT2D eigenvalue weighted by molar-refractivity contribution is -0.129. The van der Waals surface area contributed by atoms with Crippen LogP contribution in [0.3, 0.4) is 0 Å². The molecule has 1 amide bonds. The molecule has 1 heterocycles. The van der Waals surface area contributed by atoms with Crippen molar-refractivity contribution in [3.8, 4) is 0 Å². The molecule has 0 aliphatic carbocycles. The van der Waals surface area contributed by atoms with E-state index in [0.717, 1.165) is 18.5 Å². The van der Waals surface area contributed by atoms with Gasteiger partial charge in [-0.15, -0.1) is 0 Å². The molecule has 0 radical (unpaired) electrons. The van der Waals surface area contributed by atoms with Gasteiger partial charge in [0, 0.05) is 13.0 Å². The van der Waals surface area contributed by atoms with Crippen LogP contribution < -0.4 is 0 Å². The van der Waals surface area contributed by atoms with Gasteiger partial charge < -0.3 is 14.9 Å². The number of hydrogen-bond acceptors (Lipinski definition) is 4. The van der Waals surface area contributed by atoms with Gasteiger partial charge in [0.1, 0.15) is 0 Å². The lowest BCUT2D eigenvalue weighted by Crippen LogP contribution is -2.33. The summed E-state index contributed by atoms with van der Waals surface area (Å²) in [5, 5.41) is 10.6. The first-order valence-corrected chi connectivity index (χ1v) is 10.1. The van der Waals surface area contributed by atoms with Gasteiger partial charge in [-0.25, -0.2) is 0 Å². The van der Waals surface area contributed by atoms with Crippen LogP contribution >= 0.6 is 0 Å². The SMILES string of the molecule is CC(C)CC(=O)C1=C(O)C(=O)N(CCCN(C)C)C1c1ccc(C(C)C)cc1. The van der Waals surface area contributed by atoms with Crippen LogP contribution in [0.15, 0.2) is 35.6 Å². The van der Waals surface area contributed by atoms with E-state index in [1.54, 1.807) is 4.90 Å². The summed E-state index contributed by atoms with van der Waals surface area (Å²) < 4.78 is 0. The van der Waals surface area contributed by atoms with Crippen LogP contribution in [0.2, 0.25) is 0 Å². The molecule has 0 aromatic heterocycles. The first kappa shape index (κ1) is 22.2. The molecule has 0 fully saturated rings. The summed E-state index contributed by atoms with van der Waals surface area (Å²) in [5.41, 5.74) is 2.33. The zero-order valence-electron chi connectivity index (χ0n) is 18.0. The molecular weight excluding hydrogens is 352 g/mol. The van der Waals surface area contributed by atoms with Crippen molar-refractivity contribution >= 4 is 11.7 Å². The van der Waals surface area contributed by atoms with Crippen molar-refractivity contribution in [1.29, 1.82) is 0 Å². The van der Waals surface area contributed by atoms with E-state index in [2.05, 4.69) is 18.7 Å². The smallest absolute Gasteiger partial charge is 0.290 e. The Morgan fingerprint density at radius 1 is 1.14 bits per heavy atom. The van der Waals surface area contributed by atoms with Crippen LogP contribution in [-0.2, 0) is 9.59 Å². The number of amides is 1. The Kier molecular flexibility index (Phi) is 7.41. The normalized spacial score (nSPS) is 17.5. The van der Waals surface area contributed by atoms with Crippen LogP contribution in [0.1, 0.15) is 63.6 Å². The molecule has 0 bridgehead atoms. The number of rotatable bonds is 9. The van der Waals surface area contributed by atoms with Gasteiger partial charge in [-0.05, 0) is 50.0 Å². The van der Waals surface area contributed by atoms with E-state index < -0.39 is 11.9 Å². The minimum absolute atomic E-state index is 0.145. The fraction of sp³-hybridized carbons (Fsp3) is 0.565. The van der Waals surface area contributed by atoms with Gasteiger partial charge in [0.25, 0.3) is 5.91 Å². The molecule has 5 nitrogen and oxygen atoms in total. The fourth-order valence-corrected chi connectivity index (χ4v) is 3.62. The molecule has 5 heteroatoms. The fourth-order valence-electron chi connectivity index (χ4n) is 3.62. The molecule has 1 aliphatic heterocycles. The summed E-state index contributed by atoms with van der Waals surface area (Å²) >= 11 is 0. The molecule has 1 aromatic rings. The van der Waals surface area contributed by atoms with Crippen LogP contribution in [0, 0.1) is 5.92 Å². The van der Waals surface area contributed by atoms with Crippen LogP contribution in [-0.4, -0.2) is 53.8 Å². The molecule has 1 aliphatic rings. The first-order chi connectivity index (χ1) is 13.1. The van der Waals surface area contributed by atoms with Crippen LogP contribution in [0.4, 0.5) is 0 Å². The Morgan fingerprint density at radius 3 is 2.25 bits per heavy atom. The highest BCUT2D eigenvalue weighted by atomic mass is 16.3. The predicted molar refractivity (Wildman–Crippen MR) is 112 cm³/mol. The minimum atomic E-state index is -0.512. The molecule has 28 heavy (non-hydrogen) atoms. The summed E-state index contributed by atoms with van der Waals surface area (Å²) in [6.45, 7) is 9.52. The number of nitrogens with zero attached hydrogens (tertiary/aromatic N) is 2. The van der Waals surface area contributed by atoms with Gasteiger partial charge in [-0.3, -0.25) is 9.59 Å². The molecule has 154 valence electrons. The van der Waals surface area contributed by atoms with Gasteiger partial charge in [0.2, 0.25) is 0 Å². The van der Waals surface area contributed by atoms with Crippen molar-refractivity contribution in [2.24, 2.45) is 5.92 Å². The van der Waals surface area contributed by atoms with E-state index in [9.17, 15) is 14.7 Å². The summed E-state index contributed by atoms with van der Waals surface area (Å²) in [6, 6.07) is 7.54. The number of aliphatic hydroxyl groups excluding tert-OH is 1. The monoisotopic (exact) mass is 386 g/mol. The second kappa shape index (κ2) is 9.37. The van der Waals surface area contributed by atoms with E-state index in [1.807, 2.05) is 52.2 Å². The summed E-state index contributed by atoms with van der Waals surface area (Å²) in [7, 11) is 3.97. The number of aliphatic hydroxyl groups is 1. The highest BCUT2D eigenvalue weighted by molar-refractivity contribution is 6.09. The first-order valence-electron chi connectivity index (χ1n) is 10.1. The molecule has 1 aromatic carbocycles. The maximum absolute atomic E-state index is 12.9. The summed E-state index contributed by atoms with van der Waals surface area (Å²) in [5.74, 6) is -0.401. The Balaban J connectivity index is 2.40. The molecule has 2 rings (SSSR count). The molecule has 1 unspecified atom stereocenters. The Hall–Kier alpha value is -2.14. The standard InChI is InChI=1S/C23H34N2O3/c1-15(2)14-19(26)20-21(18-10-8-17(9-11-18)16(3)4)25(23(28)22(20)27)13-7-12-24(5)6/h8-11,15-16,21,27H,7,12-14H2,1-6H3. The zero-order chi connectivity index (χ0) is 21.0. The van der Waals surface area contributed by atoms with Crippen LogP contribution in [0.5, 0.6) is 0 Å². The van der Waals surface area contributed by atoms with Crippen LogP contribution in [0.25, 0.3) is 0 Å². The number of benzene rings is 1. The van der Waals surface area contributed by atoms with Crippen molar-refractivity contribution in [2.45, 2.75) is 52.5 Å². The van der Waals surface area contributed by atoms with E-state index in [-0.39, 0.29) is 23.0 Å². The number of carbonyl (C=O) groups is 2. The lowest BCUT2D eigenvalue weighted by Gasteiger charge is -2.28. The van der Waals surface area contributed by atoms with Gasteiger partial charge >= 0.3 is 0 Å². The highest BCUT2D eigenvalue weighted by Crippen LogP contribution is 2.39. The topological polar surface area (TPSA) is 60.9 Å². The Bertz CT molecular complexity index is 733. The molecule has 0 spiro atoms. The van der Waals surface area contributed by atoms with Crippen molar-refractivity contribution in [2.75, 3.05) is 27.2 Å². The maximum Gasteiger partial charge on any atom is 0.290 e. The molecule has 1 N–H and O–H groups in total. The highest BCUT2D eigenvalue weighted by Gasteiger charge is 2.43. The largest absolute Gasteiger partial charge is 0.503 e. The molecular formula is C23H34N2O3. The van der Waals surface area contributed by atoms with Gasteiger partial charge in [0.15, 0.2) is 11.5 Å². The van der Waals surface area contributed by atoms with Gasteiger partial charge in [-0.1, -0.05) is 52.0 Å². The Morgan fingerprint density at radius 2 is 1.75 bits per heavy atom. The summed E-state index contributed by atoms with van der Waals surface area (Å²) in [6.07, 6.45) is 1.09. The molecule has 0 saturated heterocycles.